The van der Waals surface area contributed by atoms with E-state index in [9.17, 15) is 5.11 Å². The number of anilines is 1. The Labute approximate surface area is 125 Å². The van der Waals surface area contributed by atoms with Crippen molar-refractivity contribution in [2.45, 2.75) is 51.7 Å². The molecule has 1 aromatic rings. The highest BCUT2D eigenvalue weighted by atomic mass is 32.1. The molecule has 0 spiro atoms. The minimum Gasteiger partial charge on any atom is -0.391 e. The highest BCUT2D eigenvalue weighted by Crippen LogP contribution is 2.28. The van der Waals surface area contributed by atoms with Gasteiger partial charge in [0.1, 0.15) is 4.99 Å². The molecule has 0 aromatic carbocycles. The molecular weight excluding hydrogens is 272 g/mol. The number of nitrogens with two attached hydrogens (primary N) is 1. The molecule has 0 saturated heterocycles. The van der Waals surface area contributed by atoms with E-state index in [1.165, 1.54) is 0 Å². The second kappa shape index (κ2) is 6.01. The molecule has 0 aliphatic heterocycles. The van der Waals surface area contributed by atoms with Crippen molar-refractivity contribution < 1.29 is 5.11 Å². The smallest absolute Gasteiger partial charge is 0.161 e. The Bertz CT molecular complexity index is 520. The molecule has 5 nitrogen and oxygen atoms in total. The number of likely N-dealkylation sites (N-methyl/N-ethyl adjacent to an activating group) is 1. The monoisotopic (exact) mass is 294 g/mol. The number of aryl methyl sites for hydroxylation is 1. The quantitative estimate of drug-likeness (QED) is 0.822. The van der Waals surface area contributed by atoms with E-state index in [0.717, 1.165) is 42.5 Å². The average Bonchev–Trinajstić information content (AvgIpc) is 2.41. The minimum atomic E-state index is -0.337. The van der Waals surface area contributed by atoms with E-state index < -0.39 is 0 Å². The van der Waals surface area contributed by atoms with Crippen LogP contribution in [0.4, 0.5) is 5.82 Å². The maximum atomic E-state index is 10.2. The summed E-state index contributed by atoms with van der Waals surface area (Å²) in [5.41, 5.74) is 8.42. The predicted octanol–water partition coefficient (Wildman–Crippen LogP) is 1.47. The lowest BCUT2D eigenvalue weighted by atomic mass is 9.91. The molecule has 1 aromatic heterocycles. The summed E-state index contributed by atoms with van der Waals surface area (Å²) in [6, 6.07) is 0.0493. The number of aliphatic hydroxyl groups excluding tert-OH is 1. The van der Waals surface area contributed by atoms with Crippen LogP contribution in [-0.4, -0.2) is 39.5 Å². The summed E-state index contributed by atoms with van der Waals surface area (Å²) in [6.45, 7) is 3.84. The highest BCUT2D eigenvalue weighted by Gasteiger charge is 2.29. The van der Waals surface area contributed by atoms with Crippen LogP contribution >= 0.6 is 12.2 Å². The van der Waals surface area contributed by atoms with E-state index in [4.69, 9.17) is 18.0 Å². The topological polar surface area (TPSA) is 75.3 Å². The van der Waals surface area contributed by atoms with Crippen molar-refractivity contribution in [2.75, 3.05) is 11.9 Å². The molecule has 1 aliphatic rings. The lowest BCUT2D eigenvalue weighted by Gasteiger charge is -2.36. The average molecular weight is 294 g/mol. The van der Waals surface area contributed by atoms with Crippen LogP contribution in [0.25, 0.3) is 0 Å². The first-order valence-corrected chi connectivity index (χ1v) is 7.39. The molecule has 2 unspecified atom stereocenters. The maximum absolute atomic E-state index is 10.2. The summed E-state index contributed by atoms with van der Waals surface area (Å²) >= 11 is 5.17. The summed E-state index contributed by atoms with van der Waals surface area (Å²) in [4.78, 5) is 2.31. The summed E-state index contributed by atoms with van der Waals surface area (Å²) < 4.78 is 0. The summed E-state index contributed by atoms with van der Waals surface area (Å²) in [6.07, 6.45) is 3.63. The Balaban J connectivity index is 2.41. The Kier molecular flexibility index (Phi) is 4.55. The fourth-order valence-electron chi connectivity index (χ4n) is 2.84. The first-order valence-electron chi connectivity index (χ1n) is 6.98. The molecule has 0 radical (unpaired) electrons. The Morgan fingerprint density at radius 3 is 2.55 bits per heavy atom. The zero-order chi connectivity index (χ0) is 14.9. The fraction of sp³-hybridized carbons (Fsp3) is 0.643. The second-order valence-corrected chi connectivity index (χ2v) is 5.94. The molecular formula is C14H22N4OS. The molecule has 2 atom stereocenters. The predicted molar refractivity (Wildman–Crippen MR) is 84.1 cm³/mol. The molecule has 1 aliphatic carbocycles. The Morgan fingerprint density at radius 1 is 1.30 bits per heavy atom. The van der Waals surface area contributed by atoms with Gasteiger partial charge < -0.3 is 15.7 Å². The fourth-order valence-corrected chi connectivity index (χ4v) is 3.08. The van der Waals surface area contributed by atoms with Gasteiger partial charge in [0.15, 0.2) is 5.82 Å². The summed E-state index contributed by atoms with van der Waals surface area (Å²) in [5, 5.41) is 18.6. The number of aliphatic hydroxyl groups is 1. The van der Waals surface area contributed by atoms with Gasteiger partial charge in [0.25, 0.3) is 0 Å². The lowest BCUT2D eigenvalue weighted by molar-refractivity contribution is 0.106. The molecule has 3 N–H and O–H groups in total. The molecule has 6 heteroatoms. The normalized spacial score (nSPS) is 22.6. The van der Waals surface area contributed by atoms with Gasteiger partial charge >= 0.3 is 0 Å². The Morgan fingerprint density at radius 2 is 1.95 bits per heavy atom. The van der Waals surface area contributed by atoms with Crippen molar-refractivity contribution in [2.24, 2.45) is 5.73 Å². The number of hydrogen-bond acceptors (Lipinski definition) is 5. The van der Waals surface area contributed by atoms with Gasteiger partial charge in [-0.05, 0) is 32.3 Å². The number of hydrogen-bond donors (Lipinski definition) is 2. The minimum absolute atomic E-state index is 0.0493. The first-order chi connectivity index (χ1) is 9.43. The van der Waals surface area contributed by atoms with Crippen LogP contribution in [0.2, 0.25) is 0 Å². The van der Waals surface area contributed by atoms with Crippen molar-refractivity contribution in [3.8, 4) is 0 Å². The zero-order valence-corrected chi connectivity index (χ0v) is 13.1. The van der Waals surface area contributed by atoms with Gasteiger partial charge in [0, 0.05) is 7.05 Å². The van der Waals surface area contributed by atoms with Crippen molar-refractivity contribution in [1.82, 2.24) is 10.2 Å². The van der Waals surface area contributed by atoms with Crippen LogP contribution in [0.15, 0.2) is 0 Å². The highest BCUT2D eigenvalue weighted by molar-refractivity contribution is 7.80. The van der Waals surface area contributed by atoms with E-state index in [2.05, 4.69) is 10.2 Å². The van der Waals surface area contributed by atoms with Crippen molar-refractivity contribution in [1.29, 1.82) is 0 Å². The molecule has 20 heavy (non-hydrogen) atoms. The first kappa shape index (κ1) is 15.1. The number of nitrogens with zero attached hydrogens (tertiary/aromatic N) is 3. The van der Waals surface area contributed by atoms with Crippen LogP contribution in [0.3, 0.4) is 0 Å². The van der Waals surface area contributed by atoms with E-state index in [-0.39, 0.29) is 12.1 Å². The number of rotatable bonds is 3. The van der Waals surface area contributed by atoms with Gasteiger partial charge in [-0.25, -0.2) is 0 Å². The third-order valence-corrected chi connectivity index (χ3v) is 4.41. The molecule has 0 bridgehead atoms. The zero-order valence-electron chi connectivity index (χ0n) is 12.3. The van der Waals surface area contributed by atoms with Crippen molar-refractivity contribution in [3.63, 3.8) is 0 Å². The van der Waals surface area contributed by atoms with E-state index in [1.54, 1.807) is 0 Å². The molecule has 110 valence electrons. The lowest BCUT2D eigenvalue weighted by Crippen LogP contribution is -2.44. The SMILES string of the molecule is Cc1nnc(N(C)C2CCCCC2O)c(C(N)=S)c1C. The standard InChI is InChI=1S/C14H22N4OS/c1-8-9(2)16-17-14(12(8)13(15)20)18(3)10-6-4-5-7-11(10)19/h10-11,19H,4-7H2,1-3H3,(H2,15,20). The van der Waals surface area contributed by atoms with Gasteiger partial charge in [-0.15, -0.1) is 5.10 Å². The van der Waals surface area contributed by atoms with Crippen LogP contribution < -0.4 is 10.6 Å². The van der Waals surface area contributed by atoms with E-state index in [1.807, 2.05) is 25.8 Å². The Hall–Kier alpha value is -1.27. The molecule has 1 fully saturated rings. The molecule has 2 rings (SSSR count). The maximum Gasteiger partial charge on any atom is 0.161 e. The van der Waals surface area contributed by atoms with E-state index >= 15 is 0 Å². The number of aromatic nitrogens is 2. The summed E-state index contributed by atoms with van der Waals surface area (Å²) in [7, 11) is 1.93. The van der Waals surface area contributed by atoms with Crippen LogP contribution in [0, 0.1) is 13.8 Å². The van der Waals surface area contributed by atoms with Gasteiger partial charge in [0.05, 0.1) is 23.4 Å². The molecule has 1 saturated carbocycles. The van der Waals surface area contributed by atoms with Gasteiger partial charge in [-0.1, -0.05) is 25.1 Å². The van der Waals surface area contributed by atoms with Gasteiger partial charge in [0.2, 0.25) is 0 Å². The van der Waals surface area contributed by atoms with E-state index in [0.29, 0.717) is 10.8 Å². The molecule has 0 amide bonds. The van der Waals surface area contributed by atoms with Crippen LogP contribution in [0.1, 0.15) is 42.5 Å². The molecule has 1 heterocycles. The summed E-state index contributed by atoms with van der Waals surface area (Å²) in [5.74, 6) is 0.673. The van der Waals surface area contributed by atoms with Crippen LogP contribution in [0.5, 0.6) is 0 Å². The van der Waals surface area contributed by atoms with Gasteiger partial charge in [-0.2, -0.15) is 5.10 Å². The largest absolute Gasteiger partial charge is 0.391 e. The number of thiocarbonyl (C=S) groups is 1. The van der Waals surface area contributed by atoms with Crippen molar-refractivity contribution >= 4 is 23.0 Å². The van der Waals surface area contributed by atoms with Crippen molar-refractivity contribution in [3.05, 3.63) is 16.8 Å². The third-order valence-electron chi connectivity index (χ3n) is 4.21. The van der Waals surface area contributed by atoms with Gasteiger partial charge in [-0.3, -0.25) is 0 Å². The second-order valence-electron chi connectivity index (χ2n) is 5.50. The third kappa shape index (κ3) is 2.76. The van der Waals surface area contributed by atoms with Crippen LogP contribution in [-0.2, 0) is 0 Å².